The van der Waals surface area contributed by atoms with E-state index in [1.54, 1.807) is 17.6 Å². The summed E-state index contributed by atoms with van der Waals surface area (Å²) in [4.78, 5) is 15.4. The molecule has 4 N–H and O–H groups in total. The number of nitrogens with two attached hydrogens (primary N) is 1. The number of nitrogen functional groups attached to an aromatic ring is 1. The molecular weight excluding hydrogens is 214 g/mol. The van der Waals surface area contributed by atoms with Crippen LogP contribution in [0.25, 0.3) is 0 Å². The number of hydrogen-bond acceptors (Lipinski definition) is 5. The first kappa shape index (κ1) is 9.66. The third-order valence-electron chi connectivity index (χ3n) is 1.75. The minimum Gasteiger partial charge on any atom is -0.375 e. The van der Waals surface area contributed by atoms with E-state index in [0.29, 0.717) is 17.4 Å². The second-order valence-electron chi connectivity index (χ2n) is 2.84. The molecule has 7 heteroatoms. The van der Waals surface area contributed by atoms with Gasteiger partial charge < -0.3 is 11.1 Å². The van der Waals surface area contributed by atoms with Crippen molar-refractivity contribution >= 4 is 22.4 Å². The number of H-pyrrole nitrogens is 1. The first-order chi connectivity index (χ1) is 7.25. The van der Waals surface area contributed by atoms with Crippen LogP contribution >= 0.6 is 11.3 Å². The highest BCUT2D eigenvalue weighted by Gasteiger charge is 2.08. The van der Waals surface area contributed by atoms with Gasteiger partial charge in [0.05, 0.1) is 12.2 Å². The van der Waals surface area contributed by atoms with Gasteiger partial charge >= 0.3 is 0 Å². The molecule has 2 rings (SSSR count). The summed E-state index contributed by atoms with van der Waals surface area (Å²) >= 11 is 1.24. The lowest BCUT2D eigenvalue weighted by atomic mass is 10.4. The minimum atomic E-state index is -0.238. The molecule has 2 heterocycles. The van der Waals surface area contributed by atoms with Gasteiger partial charge in [-0.05, 0) is 6.07 Å². The zero-order chi connectivity index (χ0) is 10.7. The van der Waals surface area contributed by atoms with E-state index < -0.39 is 0 Å². The molecule has 0 radical (unpaired) electrons. The highest BCUT2D eigenvalue weighted by Crippen LogP contribution is 2.10. The van der Waals surface area contributed by atoms with E-state index >= 15 is 0 Å². The molecule has 0 bridgehead atoms. The molecular formula is C8H9N5OS. The van der Waals surface area contributed by atoms with Gasteiger partial charge in [-0.2, -0.15) is 5.10 Å². The van der Waals surface area contributed by atoms with Crippen molar-refractivity contribution < 1.29 is 4.79 Å². The lowest BCUT2D eigenvalue weighted by molar-refractivity contribution is 0.0946. The van der Waals surface area contributed by atoms with Crippen LogP contribution in [-0.2, 0) is 6.54 Å². The second kappa shape index (κ2) is 4.09. The van der Waals surface area contributed by atoms with Crippen LogP contribution < -0.4 is 11.1 Å². The van der Waals surface area contributed by atoms with E-state index in [1.165, 1.54) is 11.3 Å². The van der Waals surface area contributed by atoms with Crippen molar-refractivity contribution in [3.63, 3.8) is 0 Å². The van der Waals surface area contributed by atoms with Crippen LogP contribution in [0.1, 0.15) is 16.2 Å². The highest BCUT2D eigenvalue weighted by molar-refractivity contribution is 7.13. The molecule has 0 saturated carbocycles. The fourth-order valence-corrected chi connectivity index (χ4v) is 1.58. The fraction of sp³-hybridized carbons (Fsp3) is 0.125. The maximum absolute atomic E-state index is 11.5. The lowest BCUT2D eigenvalue weighted by Crippen LogP contribution is -2.23. The monoisotopic (exact) mass is 223 g/mol. The van der Waals surface area contributed by atoms with Crippen LogP contribution in [0.3, 0.4) is 0 Å². The molecule has 2 aromatic heterocycles. The van der Waals surface area contributed by atoms with Crippen molar-refractivity contribution in [1.29, 1.82) is 0 Å². The SMILES string of the molecule is Nc1nc(C(=O)NCc2ccn[nH]2)cs1. The Kier molecular flexibility index (Phi) is 2.64. The van der Waals surface area contributed by atoms with E-state index in [0.717, 1.165) is 5.69 Å². The number of aromatic amines is 1. The Morgan fingerprint density at radius 1 is 1.67 bits per heavy atom. The summed E-state index contributed by atoms with van der Waals surface area (Å²) in [5, 5.41) is 11.2. The van der Waals surface area contributed by atoms with Gasteiger partial charge in [0.25, 0.3) is 5.91 Å². The zero-order valence-corrected chi connectivity index (χ0v) is 8.54. The third kappa shape index (κ3) is 2.32. The molecule has 0 aliphatic carbocycles. The summed E-state index contributed by atoms with van der Waals surface area (Å²) in [6.45, 7) is 0.399. The third-order valence-corrected chi connectivity index (χ3v) is 2.43. The van der Waals surface area contributed by atoms with Gasteiger partial charge in [-0.3, -0.25) is 9.89 Å². The van der Waals surface area contributed by atoms with Crippen LogP contribution in [0, 0.1) is 0 Å². The van der Waals surface area contributed by atoms with Crippen LogP contribution in [0.4, 0.5) is 5.13 Å². The highest BCUT2D eigenvalue weighted by atomic mass is 32.1. The maximum Gasteiger partial charge on any atom is 0.271 e. The number of amides is 1. The van der Waals surface area contributed by atoms with Gasteiger partial charge in [0.2, 0.25) is 0 Å². The second-order valence-corrected chi connectivity index (χ2v) is 3.73. The Hall–Kier alpha value is -1.89. The van der Waals surface area contributed by atoms with Gasteiger partial charge in [0.15, 0.2) is 5.13 Å². The molecule has 15 heavy (non-hydrogen) atoms. The smallest absolute Gasteiger partial charge is 0.271 e. The lowest BCUT2D eigenvalue weighted by Gasteiger charge is -1.99. The minimum absolute atomic E-state index is 0.238. The summed E-state index contributed by atoms with van der Waals surface area (Å²) in [5.74, 6) is -0.238. The number of hydrogen-bond donors (Lipinski definition) is 3. The number of nitrogens with one attached hydrogen (secondary N) is 2. The Morgan fingerprint density at radius 3 is 3.13 bits per heavy atom. The van der Waals surface area contributed by atoms with Crippen molar-refractivity contribution in [3.8, 4) is 0 Å². The zero-order valence-electron chi connectivity index (χ0n) is 7.73. The molecule has 0 spiro atoms. The van der Waals surface area contributed by atoms with E-state index in [9.17, 15) is 4.79 Å². The van der Waals surface area contributed by atoms with E-state index in [-0.39, 0.29) is 5.91 Å². The summed E-state index contributed by atoms with van der Waals surface area (Å²) < 4.78 is 0. The molecule has 0 atom stereocenters. The molecule has 2 aromatic rings. The van der Waals surface area contributed by atoms with Gasteiger partial charge in [-0.25, -0.2) is 4.98 Å². The Morgan fingerprint density at radius 2 is 2.53 bits per heavy atom. The quantitative estimate of drug-likeness (QED) is 0.700. The number of nitrogens with zero attached hydrogens (tertiary/aromatic N) is 2. The normalized spacial score (nSPS) is 10.1. The topological polar surface area (TPSA) is 96.7 Å². The Bertz CT molecular complexity index is 449. The molecule has 0 aliphatic heterocycles. The van der Waals surface area contributed by atoms with Crippen molar-refractivity contribution in [1.82, 2.24) is 20.5 Å². The number of carbonyl (C=O) groups is 1. The van der Waals surface area contributed by atoms with Crippen molar-refractivity contribution in [2.45, 2.75) is 6.54 Å². The molecule has 0 unspecified atom stereocenters. The van der Waals surface area contributed by atoms with Gasteiger partial charge in [0.1, 0.15) is 5.69 Å². The maximum atomic E-state index is 11.5. The number of carbonyl (C=O) groups excluding carboxylic acids is 1. The molecule has 78 valence electrons. The fourth-order valence-electron chi connectivity index (χ4n) is 1.04. The van der Waals surface area contributed by atoms with Crippen LogP contribution in [0.15, 0.2) is 17.6 Å². The summed E-state index contributed by atoms with van der Waals surface area (Å²) in [7, 11) is 0. The van der Waals surface area contributed by atoms with Crippen molar-refractivity contribution in [3.05, 3.63) is 29.0 Å². The van der Waals surface area contributed by atoms with E-state index in [2.05, 4.69) is 20.5 Å². The molecule has 1 amide bonds. The first-order valence-electron chi connectivity index (χ1n) is 4.23. The average molecular weight is 223 g/mol. The van der Waals surface area contributed by atoms with Gasteiger partial charge in [0, 0.05) is 11.6 Å². The number of rotatable bonds is 3. The van der Waals surface area contributed by atoms with E-state index in [1.807, 2.05) is 0 Å². The number of aromatic nitrogens is 3. The Labute approximate surface area is 89.5 Å². The predicted molar refractivity (Wildman–Crippen MR) is 56.3 cm³/mol. The summed E-state index contributed by atoms with van der Waals surface area (Å²) in [5.41, 5.74) is 6.60. The Balaban J connectivity index is 1.93. The van der Waals surface area contributed by atoms with Crippen LogP contribution in [0.5, 0.6) is 0 Å². The predicted octanol–water partition coefficient (Wildman–Crippen LogP) is 0.378. The molecule has 0 fully saturated rings. The molecule has 0 saturated heterocycles. The van der Waals surface area contributed by atoms with E-state index in [4.69, 9.17) is 5.73 Å². The number of anilines is 1. The van der Waals surface area contributed by atoms with Crippen molar-refractivity contribution in [2.24, 2.45) is 0 Å². The average Bonchev–Trinajstić information content (AvgIpc) is 2.84. The molecule has 0 aliphatic rings. The van der Waals surface area contributed by atoms with Crippen LogP contribution in [-0.4, -0.2) is 21.1 Å². The standard InChI is InChI=1S/C8H9N5OS/c9-8-12-6(4-15-8)7(14)10-3-5-1-2-11-13-5/h1-2,4H,3H2,(H2,9,12)(H,10,14)(H,11,13). The molecule has 6 nitrogen and oxygen atoms in total. The van der Waals surface area contributed by atoms with Crippen molar-refractivity contribution in [2.75, 3.05) is 5.73 Å². The van der Waals surface area contributed by atoms with Gasteiger partial charge in [-0.1, -0.05) is 0 Å². The van der Waals surface area contributed by atoms with Crippen LogP contribution in [0.2, 0.25) is 0 Å². The number of thiazole rings is 1. The summed E-state index contributed by atoms with van der Waals surface area (Å²) in [6, 6.07) is 1.79. The molecule has 0 aromatic carbocycles. The largest absolute Gasteiger partial charge is 0.375 e. The van der Waals surface area contributed by atoms with Gasteiger partial charge in [-0.15, -0.1) is 11.3 Å². The summed E-state index contributed by atoms with van der Waals surface area (Å²) in [6.07, 6.45) is 1.63. The first-order valence-corrected chi connectivity index (χ1v) is 5.11.